The molecule has 0 saturated heterocycles. The molecule has 0 aliphatic carbocycles. The average molecular weight is 113 g/mol. The van der Waals surface area contributed by atoms with Gasteiger partial charge in [-0.2, -0.15) is 5.10 Å². The van der Waals surface area contributed by atoms with E-state index in [4.69, 9.17) is 5.84 Å². The Morgan fingerprint density at radius 3 is 2.75 bits per heavy atom. The smallest absolute Gasteiger partial charge is 0.0673 e. The van der Waals surface area contributed by atoms with Crippen LogP contribution in [0.5, 0.6) is 0 Å². The van der Waals surface area contributed by atoms with Gasteiger partial charge in [-0.3, -0.25) is 4.99 Å². The van der Waals surface area contributed by atoms with Crippen LogP contribution >= 0.6 is 0 Å². The summed E-state index contributed by atoms with van der Waals surface area (Å²) in [6.45, 7) is 4.62. The molecular weight excluding hydrogens is 102 g/mol. The molecule has 46 valence electrons. The van der Waals surface area contributed by atoms with Crippen molar-refractivity contribution in [2.24, 2.45) is 15.9 Å². The summed E-state index contributed by atoms with van der Waals surface area (Å²) in [7, 11) is 0. The molecule has 0 rings (SSSR count). The third-order valence-electron chi connectivity index (χ3n) is 0.669. The van der Waals surface area contributed by atoms with Gasteiger partial charge in [-0.05, 0) is 13.8 Å². The molecule has 0 atom stereocenters. The average Bonchev–Trinajstić information content (AvgIpc) is 1.68. The molecule has 0 bridgehead atoms. The molecule has 0 aromatic heterocycles. The molecule has 3 heteroatoms. The molecule has 0 heterocycles. The predicted molar refractivity (Wildman–Crippen MR) is 36.3 cm³/mol. The van der Waals surface area contributed by atoms with E-state index in [1.54, 1.807) is 0 Å². The highest BCUT2D eigenvalue weighted by Crippen LogP contribution is 1.70. The fourth-order valence-corrected chi connectivity index (χ4v) is 0.398. The number of nitrogens with two attached hydrogens (primary N) is 1. The van der Waals surface area contributed by atoms with Crippen LogP contribution in [0, 0.1) is 0 Å². The lowest BCUT2D eigenvalue weighted by molar-refractivity contribution is 1.13. The van der Waals surface area contributed by atoms with E-state index in [1.165, 1.54) is 6.21 Å². The standard InChI is InChI=1S/C5H11N3/c1-3-7-5(2)4-8-6/h4H,3,6H2,1-2H3/b7-5?,8-4-. The third kappa shape index (κ3) is 3.33. The Hall–Kier alpha value is -0.860. The highest BCUT2D eigenvalue weighted by Gasteiger charge is 1.77. The van der Waals surface area contributed by atoms with Gasteiger partial charge in [-0.25, -0.2) is 0 Å². The molecule has 0 fully saturated rings. The molecule has 0 aromatic carbocycles. The molecule has 0 aromatic rings. The summed E-state index contributed by atoms with van der Waals surface area (Å²) in [5.74, 6) is 4.85. The number of aliphatic imine (C=N–C) groups is 1. The zero-order valence-electron chi connectivity index (χ0n) is 5.26. The van der Waals surface area contributed by atoms with Crippen LogP contribution in [0.25, 0.3) is 0 Å². The molecule has 2 N–H and O–H groups in total. The summed E-state index contributed by atoms with van der Waals surface area (Å²) < 4.78 is 0. The summed E-state index contributed by atoms with van der Waals surface area (Å²) in [4.78, 5) is 4.00. The second kappa shape index (κ2) is 4.30. The van der Waals surface area contributed by atoms with E-state index in [0.29, 0.717) is 0 Å². The Balaban J connectivity index is 3.61. The zero-order chi connectivity index (χ0) is 6.41. The molecule has 0 amide bonds. The number of nitrogens with zero attached hydrogens (tertiary/aromatic N) is 2. The van der Waals surface area contributed by atoms with Crippen molar-refractivity contribution in [2.45, 2.75) is 13.8 Å². The first-order valence-electron chi connectivity index (χ1n) is 2.55. The number of hydrogen-bond acceptors (Lipinski definition) is 3. The van der Waals surface area contributed by atoms with Gasteiger partial charge in [-0.1, -0.05) is 0 Å². The van der Waals surface area contributed by atoms with Gasteiger partial charge in [0.1, 0.15) is 0 Å². The van der Waals surface area contributed by atoms with Crippen molar-refractivity contribution < 1.29 is 0 Å². The van der Waals surface area contributed by atoms with Crippen LogP contribution in [0.1, 0.15) is 13.8 Å². The van der Waals surface area contributed by atoms with E-state index in [1.807, 2.05) is 13.8 Å². The number of hydrogen-bond donors (Lipinski definition) is 1. The fraction of sp³-hybridized carbons (Fsp3) is 0.600. The van der Waals surface area contributed by atoms with Gasteiger partial charge < -0.3 is 5.84 Å². The van der Waals surface area contributed by atoms with E-state index in [2.05, 4.69) is 10.1 Å². The van der Waals surface area contributed by atoms with Gasteiger partial charge in [0.15, 0.2) is 0 Å². The minimum atomic E-state index is 0.790. The quantitative estimate of drug-likeness (QED) is 0.315. The second-order valence-electron chi connectivity index (χ2n) is 1.39. The Bertz CT molecular complexity index is 104. The maximum Gasteiger partial charge on any atom is 0.0673 e. The van der Waals surface area contributed by atoms with Crippen LogP contribution in [0.2, 0.25) is 0 Å². The zero-order valence-corrected chi connectivity index (χ0v) is 5.26. The minimum Gasteiger partial charge on any atom is -0.323 e. The Kier molecular flexibility index (Phi) is 3.84. The first-order valence-corrected chi connectivity index (χ1v) is 2.55. The maximum atomic E-state index is 4.85. The molecule has 8 heavy (non-hydrogen) atoms. The van der Waals surface area contributed by atoms with Gasteiger partial charge >= 0.3 is 0 Å². The van der Waals surface area contributed by atoms with Crippen molar-refractivity contribution in [3.63, 3.8) is 0 Å². The number of hydrazone groups is 1. The first-order chi connectivity index (χ1) is 3.81. The van der Waals surface area contributed by atoms with Gasteiger partial charge in [0, 0.05) is 6.54 Å². The SMILES string of the molecule is CCN=C(C)/C=N\N. The van der Waals surface area contributed by atoms with E-state index in [-0.39, 0.29) is 0 Å². The second-order valence-corrected chi connectivity index (χ2v) is 1.39. The topological polar surface area (TPSA) is 50.7 Å². The molecule has 0 radical (unpaired) electrons. The van der Waals surface area contributed by atoms with Gasteiger partial charge in [-0.15, -0.1) is 0 Å². The van der Waals surface area contributed by atoms with E-state index < -0.39 is 0 Å². The van der Waals surface area contributed by atoms with Crippen LogP contribution < -0.4 is 5.84 Å². The van der Waals surface area contributed by atoms with Crippen molar-refractivity contribution in [2.75, 3.05) is 6.54 Å². The largest absolute Gasteiger partial charge is 0.323 e. The highest BCUT2D eigenvalue weighted by molar-refractivity contribution is 6.29. The van der Waals surface area contributed by atoms with Crippen molar-refractivity contribution in [3.05, 3.63) is 0 Å². The molecule has 0 aliphatic rings. The third-order valence-corrected chi connectivity index (χ3v) is 0.669. The minimum absolute atomic E-state index is 0.790. The van der Waals surface area contributed by atoms with E-state index in [9.17, 15) is 0 Å². The highest BCUT2D eigenvalue weighted by atomic mass is 15.1. The summed E-state index contributed by atoms with van der Waals surface area (Å²) in [5, 5.41) is 3.30. The van der Waals surface area contributed by atoms with E-state index >= 15 is 0 Å². The van der Waals surface area contributed by atoms with Crippen molar-refractivity contribution in [1.82, 2.24) is 0 Å². The summed E-state index contributed by atoms with van der Waals surface area (Å²) in [5.41, 5.74) is 0.870. The number of rotatable bonds is 2. The lowest BCUT2D eigenvalue weighted by Gasteiger charge is -1.84. The molecule has 0 spiro atoms. The predicted octanol–water partition coefficient (Wildman–Crippen LogP) is 0.412. The Morgan fingerprint density at radius 1 is 1.75 bits per heavy atom. The lowest BCUT2D eigenvalue weighted by Crippen LogP contribution is -1.95. The monoisotopic (exact) mass is 113 g/mol. The summed E-state index contributed by atoms with van der Waals surface area (Å²) in [6, 6.07) is 0. The van der Waals surface area contributed by atoms with Gasteiger partial charge in [0.2, 0.25) is 0 Å². The molecule has 0 aliphatic heterocycles. The lowest BCUT2D eigenvalue weighted by atomic mass is 10.5. The molecule has 3 nitrogen and oxygen atoms in total. The van der Waals surface area contributed by atoms with Crippen LogP contribution in [0.15, 0.2) is 10.1 Å². The first kappa shape index (κ1) is 7.14. The van der Waals surface area contributed by atoms with Crippen LogP contribution in [0.4, 0.5) is 0 Å². The summed E-state index contributed by atoms with van der Waals surface area (Å²) >= 11 is 0. The fourth-order valence-electron chi connectivity index (χ4n) is 0.398. The maximum absolute atomic E-state index is 4.85. The Labute approximate surface area is 49.3 Å². The molecular formula is C5H11N3. The van der Waals surface area contributed by atoms with Crippen LogP contribution in [0.3, 0.4) is 0 Å². The van der Waals surface area contributed by atoms with Crippen LogP contribution in [-0.4, -0.2) is 18.5 Å². The van der Waals surface area contributed by atoms with Gasteiger partial charge in [0.05, 0.1) is 11.9 Å². The van der Waals surface area contributed by atoms with E-state index in [0.717, 1.165) is 12.3 Å². The van der Waals surface area contributed by atoms with Crippen molar-refractivity contribution >= 4 is 11.9 Å². The van der Waals surface area contributed by atoms with Gasteiger partial charge in [0.25, 0.3) is 0 Å². The summed E-state index contributed by atoms with van der Waals surface area (Å²) in [6.07, 6.45) is 1.53. The van der Waals surface area contributed by atoms with Crippen LogP contribution in [-0.2, 0) is 0 Å². The molecule has 0 unspecified atom stereocenters. The van der Waals surface area contributed by atoms with Crippen molar-refractivity contribution in [1.29, 1.82) is 0 Å². The normalized spacial score (nSPS) is 13.0. The molecule has 0 saturated carbocycles. The van der Waals surface area contributed by atoms with Crippen molar-refractivity contribution in [3.8, 4) is 0 Å². The Morgan fingerprint density at radius 2 is 2.38 bits per heavy atom.